The molecule has 0 heterocycles. The van der Waals surface area contributed by atoms with Gasteiger partial charge in [0.15, 0.2) is 0 Å². The fourth-order valence-electron chi connectivity index (χ4n) is 1.03. The Labute approximate surface area is 95.5 Å². The summed E-state index contributed by atoms with van der Waals surface area (Å²) in [5.41, 5.74) is -0.652. The van der Waals surface area contributed by atoms with Crippen molar-refractivity contribution in [1.82, 2.24) is 5.32 Å². The maximum Gasteiger partial charge on any atom is 0.408 e. The van der Waals surface area contributed by atoms with Crippen molar-refractivity contribution < 1.29 is 19.4 Å². The summed E-state index contributed by atoms with van der Waals surface area (Å²) in [7, 11) is 0. The van der Waals surface area contributed by atoms with Crippen LogP contribution < -0.4 is 5.32 Å². The molecule has 0 aromatic rings. The average molecular weight is 229 g/mol. The van der Waals surface area contributed by atoms with Gasteiger partial charge in [0.2, 0.25) is 0 Å². The number of nitrogens with one attached hydrogen (secondary N) is 1. The summed E-state index contributed by atoms with van der Waals surface area (Å²) < 4.78 is 5.02. The molecule has 0 rings (SSSR count). The highest BCUT2D eigenvalue weighted by molar-refractivity contribution is 5.88. The van der Waals surface area contributed by atoms with Crippen LogP contribution in [-0.4, -0.2) is 28.8 Å². The minimum absolute atomic E-state index is 0.0478. The van der Waals surface area contributed by atoms with E-state index in [0.717, 1.165) is 0 Å². The van der Waals surface area contributed by atoms with E-state index in [4.69, 9.17) is 9.84 Å². The van der Waals surface area contributed by atoms with Gasteiger partial charge in [-0.3, -0.25) is 0 Å². The molecule has 0 aliphatic heterocycles. The van der Waals surface area contributed by atoms with Crippen LogP contribution in [0.4, 0.5) is 4.79 Å². The first-order valence-corrected chi connectivity index (χ1v) is 5.09. The van der Waals surface area contributed by atoms with Gasteiger partial charge < -0.3 is 15.2 Å². The van der Waals surface area contributed by atoms with E-state index >= 15 is 0 Å². The van der Waals surface area contributed by atoms with Gasteiger partial charge in [-0.05, 0) is 27.2 Å². The lowest BCUT2D eigenvalue weighted by Crippen LogP contribution is -2.41. The minimum atomic E-state index is -1.12. The van der Waals surface area contributed by atoms with Gasteiger partial charge in [-0.1, -0.05) is 13.5 Å². The predicted octanol–water partition coefficient (Wildman–Crippen LogP) is 1.93. The Morgan fingerprint density at radius 3 is 2.25 bits per heavy atom. The van der Waals surface area contributed by atoms with Crippen LogP contribution in [0.2, 0.25) is 0 Å². The molecule has 0 aliphatic rings. The Kier molecular flexibility index (Phi) is 5.01. The van der Waals surface area contributed by atoms with E-state index in [1.807, 2.05) is 0 Å². The van der Waals surface area contributed by atoms with Crippen LogP contribution in [0.1, 0.15) is 34.1 Å². The molecule has 0 bridgehead atoms. The molecule has 5 nitrogen and oxygen atoms in total. The molecular formula is C11H19NO4. The quantitative estimate of drug-likeness (QED) is 0.722. The van der Waals surface area contributed by atoms with Crippen molar-refractivity contribution in [3.05, 3.63) is 12.2 Å². The van der Waals surface area contributed by atoms with Crippen LogP contribution in [0.3, 0.4) is 0 Å². The van der Waals surface area contributed by atoms with Crippen molar-refractivity contribution >= 4 is 12.1 Å². The average Bonchev–Trinajstić information content (AvgIpc) is 2.09. The molecule has 0 aromatic heterocycles. The van der Waals surface area contributed by atoms with Gasteiger partial charge in [-0.25, -0.2) is 9.59 Å². The van der Waals surface area contributed by atoms with E-state index in [1.165, 1.54) is 0 Å². The van der Waals surface area contributed by atoms with Crippen LogP contribution in [0.5, 0.6) is 0 Å². The summed E-state index contributed by atoms with van der Waals surface area (Å²) in [6, 6.07) is -0.604. The van der Waals surface area contributed by atoms with Crippen molar-refractivity contribution in [3.8, 4) is 0 Å². The number of hydrogen-bond acceptors (Lipinski definition) is 3. The Hall–Kier alpha value is -1.52. The number of alkyl carbamates (subject to hydrolysis) is 1. The molecule has 1 amide bonds. The molecule has 0 fully saturated rings. The molecule has 0 saturated carbocycles. The van der Waals surface area contributed by atoms with Gasteiger partial charge in [-0.2, -0.15) is 0 Å². The largest absolute Gasteiger partial charge is 0.478 e. The molecule has 1 unspecified atom stereocenters. The monoisotopic (exact) mass is 229 g/mol. The maximum absolute atomic E-state index is 11.4. The number of carbonyl (C=O) groups excluding carboxylic acids is 1. The standard InChI is InChI=1S/C11H19NO4/c1-6-8(7(2)9(13)14)12-10(15)16-11(3,4)5/h8H,2,6H2,1,3-5H3,(H,12,15)(H,13,14). The minimum Gasteiger partial charge on any atom is -0.478 e. The molecule has 92 valence electrons. The van der Waals surface area contributed by atoms with E-state index in [1.54, 1.807) is 27.7 Å². The van der Waals surface area contributed by atoms with Crippen LogP contribution in [0.15, 0.2) is 12.2 Å². The summed E-state index contributed by atoms with van der Waals surface area (Å²) in [5.74, 6) is -1.12. The van der Waals surface area contributed by atoms with Crippen molar-refractivity contribution in [2.75, 3.05) is 0 Å². The van der Waals surface area contributed by atoms with Gasteiger partial charge in [-0.15, -0.1) is 0 Å². The van der Waals surface area contributed by atoms with Gasteiger partial charge >= 0.3 is 12.1 Å². The van der Waals surface area contributed by atoms with Crippen LogP contribution in [0, 0.1) is 0 Å². The van der Waals surface area contributed by atoms with Crippen LogP contribution >= 0.6 is 0 Å². The zero-order valence-electron chi connectivity index (χ0n) is 10.2. The predicted molar refractivity (Wildman–Crippen MR) is 60.2 cm³/mol. The second-order valence-corrected chi connectivity index (χ2v) is 4.44. The number of carbonyl (C=O) groups is 2. The molecule has 0 aliphatic carbocycles. The Morgan fingerprint density at radius 2 is 1.94 bits per heavy atom. The Bertz CT molecular complexity index is 291. The highest BCUT2D eigenvalue weighted by atomic mass is 16.6. The first-order chi connectivity index (χ1) is 7.17. The fraction of sp³-hybridized carbons (Fsp3) is 0.636. The van der Waals surface area contributed by atoms with E-state index in [9.17, 15) is 9.59 Å². The summed E-state index contributed by atoms with van der Waals surface area (Å²) in [6.07, 6.45) is -0.188. The van der Waals surface area contributed by atoms with Crippen molar-refractivity contribution in [1.29, 1.82) is 0 Å². The molecule has 0 aromatic carbocycles. The smallest absolute Gasteiger partial charge is 0.408 e. The van der Waals surface area contributed by atoms with Crippen LogP contribution in [-0.2, 0) is 9.53 Å². The number of aliphatic carboxylic acids is 1. The number of ether oxygens (including phenoxy) is 1. The Balaban J connectivity index is 4.40. The lowest BCUT2D eigenvalue weighted by atomic mass is 10.1. The third kappa shape index (κ3) is 5.38. The topological polar surface area (TPSA) is 75.6 Å². The fourth-order valence-corrected chi connectivity index (χ4v) is 1.03. The SMILES string of the molecule is C=C(C(=O)O)C(CC)NC(=O)OC(C)(C)C. The van der Waals surface area contributed by atoms with Crippen molar-refractivity contribution in [3.63, 3.8) is 0 Å². The highest BCUT2D eigenvalue weighted by Crippen LogP contribution is 2.09. The number of carboxylic acids is 1. The number of hydrogen-bond donors (Lipinski definition) is 2. The molecule has 5 heteroatoms. The molecular weight excluding hydrogens is 210 g/mol. The molecule has 2 N–H and O–H groups in total. The van der Waals surface area contributed by atoms with E-state index < -0.39 is 23.7 Å². The van der Waals surface area contributed by atoms with Crippen molar-refractivity contribution in [2.45, 2.75) is 45.8 Å². The third-order valence-corrected chi connectivity index (χ3v) is 1.79. The summed E-state index contributed by atoms with van der Waals surface area (Å²) >= 11 is 0. The van der Waals surface area contributed by atoms with E-state index in [-0.39, 0.29) is 5.57 Å². The van der Waals surface area contributed by atoms with E-state index in [2.05, 4.69) is 11.9 Å². The summed E-state index contributed by atoms with van der Waals surface area (Å²) in [4.78, 5) is 22.1. The number of amides is 1. The number of rotatable bonds is 4. The normalized spacial score (nSPS) is 12.8. The van der Waals surface area contributed by atoms with Gasteiger partial charge in [0.05, 0.1) is 11.6 Å². The van der Waals surface area contributed by atoms with E-state index in [0.29, 0.717) is 6.42 Å². The Morgan fingerprint density at radius 1 is 1.44 bits per heavy atom. The first kappa shape index (κ1) is 14.5. The summed E-state index contributed by atoms with van der Waals surface area (Å²) in [5, 5.41) is 11.2. The first-order valence-electron chi connectivity index (χ1n) is 5.09. The maximum atomic E-state index is 11.4. The second-order valence-electron chi connectivity index (χ2n) is 4.44. The number of carboxylic acid groups (broad SMARTS) is 1. The van der Waals surface area contributed by atoms with Crippen molar-refractivity contribution in [2.24, 2.45) is 0 Å². The summed E-state index contributed by atoms with van der Waals surface area (Å²) in [6.45, 7) is 10.4. The van der Waals surface area contributed by atoms with Gasteiger partial charge in [0, 0.05) is 0 Å². The zero-order chi connectivity index (χ0) is 12.9. The lowest BCUT2D eigenvalue weighted by Gasteiger charge is -2.23. The van der Waals surface area contributed by atoms with Crippen LogP contribution in [0.25, 0.3) is 0 Å². The zero-order valence-corrected chi connectivity index (χ0v) is 10.2. The molecule has 0 radical (unpaired) electrons. The lowest BCUT2D eigenvalue weighted by molar-refractivity contribution is -0.133. The molecule has 0 saturated heterocycles. The highest BCUT2D eigenvalue weighted by Gasteiger charge is 2.22. The second kappa shape index (κ2) is 5.53. The third-order valence-electron chi connectivity index (χ3n) is 1.79. The molecule has 16 heavy (non-hydrogen) atoms. The van der Waals surface area contributed by atoms with Gasteiger partial charge in [0.25, 0.3) is 0 Å². The molecule has 0 spiro atoms. The van der Waals surface area contributed by atoms with Gasteiger partial charge in [0.1, 0.15) is 5.60 Å². The molecule has 1 atom stereocenters.